The molecule has 0 aromatic heterocycles. The topological polar surface area (TPSA) is 41.1 Å². The Hall–Kier alpha value is -2.07. The lowest BCUT2D eigenvalue weighted by Gasteiger charge is -2.12. The molecule has 2 aromatic carbocycles. The Morgan fingerprint density at radius 3 is 2.67 bits per heavy atom. The van der Waals surface area contributed by atoms with Crippen LogP contribution in [0.5, 0.6) is 0 Å². The number of nitrogens with one attached hydrogen (secondary N) is 2. The Balaban J connectivity index is 1.97. The molecule has 0 bridgehead atoms. The summed E-state index contributed by atoms with van der Waals surface area (Å²) in [5, 5.41) is 5.96. The van der Waals surface area contributed by atoms with E-state index >= 15 is 0 Å². The van der Waals surface area contributed by atoms with Gasteiger partial charge in [0.15, 0.2) is 0 Å². The summed E-state index contributed by atoms with van der Waals surface area (Å²) in [5.74, 6) is -0.602. The second kappa shape index (κ2) is 6.59. The molecule has 2 N–H and O–H groups in total. The van der Waals surface area contributed by atoms with Gasteiger partial charge in [-0.2, -0.15) is 0 Å². The number of benzene rings is 2. The quantitative estimate of drug-likeness (QED) is 0.891. The van der Waals surface area contributed by atoms with Gasteiger partial charge in [-0.15, -0.1) is 0 Å². The summed E-state index contributed by atoms with van der Waals surface area (Å²) >= 11 is 5.88. The van der Waals surface area contributed by atoms with Crippen LogP contribution >= 0.6 is 11.6 Å². The van der Waals surface area contributed by atoms with Crippen LogP contribution in [0, 0.1) is 19.7 Å². The first-order valence-electron chi connectivity index (χ1n) is 6.52. The van der Waals surface area contributed by atoms with Gasteiger partial charge < -0.3 is 10.6 Å². The van der Waals surface area contributed by atoms with Crippen LogP contribution in [0.15, 0.2) is 36.4 Å². The number of anilines is 2. The van der Waals surface area contributed by atoms with Crippen molar-refractivity contribution in [3.8, 4) is 0 Å². The number of halogens is 2. The van der Waals surface area contributed by atoms with Gasteiger partial charge in [0.2, 0.25) is 5.91 Å². The van der Waals surface area contributed by atoms with Gasteiger partial charge in [-0.3, -0.25) is 4.79 Å². The van der Waals surface area contributed by atoms with Crippen LogP contribution < -0.4 is 10.6 Å². The third kappa shape index (κ3) is 3.95. The highest BCUT2D eigenvalue weighted by atomic mass is 35.5. The maximum atomic E-state index is 12.9. The predicted octanol–water partition coefficient (Wildman–Crippen LogP) is 4.15. The average molecular weight is 307 g/mol. The first-order chi connectivity index (χ1) is 9.97. The van der Waals surface area contributed by atoms with Crippen LogP contribution in [-0.4, -0.2) is 12.5 Å². The minimum Gasteiger partial charge on any atom is -0.375 e. The second-order valence-electron chi connectivity index (χ2n) is 4.77. The van der Waals surface area contributed by atoms with Gasteiger partial charge in [0.1, 0.15) is 5.82 Å². The number of rotatable bonds is 4. The number of amides is 1. The zero-order valence-electron chi connectivity index (χ0n) is 11.8. The van der Waals surface area contributed by atoms with Crippen molar-refractivity contribution in [3.63, 3.8) is 0 Å². The van der Waals surface area contributed by atoms with E-state index in [2.05, 4.69) is 10.6 Å². The minimum absolute atomic E-state index is 0.0543. The number of carbonyl (C=O) groups is 1. The minimum atomic E-state index is -0.412. The summed E-state index contributed by atoms with van der Waals surface area (Å²) < 4.78 is 12.9. The van der Waals surface area contributed by atoms with E-state index in [0.29, 0.717) is 5.69 Å². The maximum Gasteiger partial charge on any atom is 0.243 e. The van der Waals surface area contributed by atoms with Gasteiger partial charge in [0, 0.05) is 5.69 Å². The molecule has 21 heavy (non-hydrogen) atoms. The summed E-state index contributed by atoms with van der Waals surface area (Å²) in [4.78, 5) is 11.9. The van der Waals surface area contributed by atoms with Crippen molar-refractivity contribution in [1.29, 1.82) is 0 Å². The molecule has 0 unspecified atom stereocenters. The van der Waals surface area contributed by atoms with Gasteiger partial charge in [0.05, 0.1) is 17.3 Å². The van der Waals surface area contributed by atoms with E-state index in [0.717, 1.165) is 16.8 Å². The lowest BCUT2D eigenvalue weighted by molar-refractivity contribution is -0.114. The third-order valence-electron chi connectivity index (χ3n) is 3.25. The van der Waals surface area contributed by atoms with E-state index in [1.54, 1.807) is 0 Å². The first kappa shape index (κ1) is 15.3. The molecule has 110 valence electrons. The number of hydrogen-bond acceptors (Lipinski definition) is 2. The Morgan fingerprint density at radius 1 is 1.19 bits per heavy atom. The number of carbonyl (C=O) groups excluding carboxylic acids is 1. The molecule has 0 spiro atoms. The predicted molar refractivity (Wildman–Crippen MR) is 84.4 cm³/mol. The van der Waals surface area contributed by atoms with E-state index in [4.69, 9.17) is 11.6 Å². The molecule has 0 radical (unpaired) electrons. The van der Waals surface area contributed by atoms with Crippen molar-refractivity contribution in [2.45, 2.75) is 13.8 Å². The zero-order chi connectivity index (χ0) is 15.4. The largest absolute Gasteiger partial charge is 0.375 e. The molecule has 0 atom stereocenters. The first-order valence-corrected chi connectivity index (χ1v) is 6.90. The van der Waals surface area contributed by atoms with Crippen molar-refractivity contribution < 1.29 is 9.18 Å². The Kier molecular flexibility index (Phi) is 4.81. The molecule has 0 heterocycles. The molecule has 0 saturated carbocycles. The summed E-state index contributed by atoms with van der Waals surface area (Å²) in [6, 6.07) is 9.72. The monoisotopic (exact) mass is 306 g/mol. The normalized spacial score (nSPS) is 10.3. The van der Waals surface area contributed by atoms with Gasteiger partial charge in [0.25, 0.3) is 0 Å². The molecule has 0 aliphatic carbocycles. The fourth-order valence-corrected chi connectivity index (χ4v) is 2.12. The van der Waals surface area contributed by atoms with Crippen LogP contribution in [0.3, 0.4) is 0 Å². The van der Waals surface area contributed by atoms with Crippen molar-refractivity contribution in [2.24, 2.45) is 0 Å². The molecular formula is C16H16ClFN2O. The summed E-state index contributed by atoms with van der Waals surface area (Å²) in [6.45, 7) is 4.00. The third-order valence-corrected chi connectivity index (χ3v) is 3.56. The number of aryl methyl sites for hydroxylation is 1. The van der Waals surface area contributed by atoms with Crippen LogP contribution in [0.2, 0.25) is 5.02 Å². The van der Waals surface area contributed by atoms with E-state index in [1.807, 2.05) is 32.0 Å². The van der Waals surface area contributed by atoms with Crippen molar-refractivity contribution >= 4 is 28.9 Å². The number of hydrogen-bond donors (Lipinski definition) is 2. The summed E-state index contributed by atoms with van der Waals surface area (Å²) in [6.07, 6.45) is 0. The van der Waals surface area contributed by atoms with Crippen molar-refractivity contribution in [2.75, 3.05) is 17.2 Å². The van der Waals surface area contributed by atoms with Crippen LogP contribution in [0.1, 0.15) is 11.1 Å². The molecule has 5 heteroatoms. The smallest absolute Gasteiger partial charge is 0.243 e. The Morgan fingerprint density at radius 2 is 1.95 bits per heavy atom. The molecule has 0 aliphatic heterocycles. The van der Waals surface area contributed by atoms with E-state index in [-0.39, 0.29) is 17.5 Å². The van der Waals surface area contributed by atoms with Gasteiger partial charge >= 0.3 is 0 Å². The molecule has 1 amide bonds. The van der Waals surface area contributed by atoms with Crippen LogP contribution in [0.4, 0.5) is 15.8 Å². The molecule has 3 nitrogen and oxygen atoms in total. The molecule has 2 rings (SSSR count). The molecular weight excluding hydrogens is 291 g/mol. The fraction of sp³-hybridized carbons (Fsp3) is 0.188. The molecule has 0 fully saturated rings. The van der Waals surface area contributed by atoms with Gasteiger partial charge in [-0.1, -0.05) is 23.7 Å². The van der Waals surface area contributed by atoms with Gasteiger partial charge in [-0.05, 0) is 49.2 Å². The van der Waals surface area contributed by atoms with E-state index in [9.17, 15) is 9.18 Å². The van der Waals surface area contributed by atoms with Crippen molar-refractivity contribution in [1.82, 2.24) is 0 Å². The molecule has 0 aliphatic rings. The molecule has 0 saturated heterocycles. The van der Waals surface area contributed by atoms with Crippen LogP contribution in [0.25, 0.3) is 0 Å². The maximum absolute atomic E-state index is 12.9. The highest BCUT2D eigenvalue weighted by Crippen LogP contribution is 2.22. The van der Waals surface area contributed by atoms with Crippen LogP contribution in [-0.2, 0) is 4.79 Å². The summed E-state index contributed by atoms with van der Waals surface area (Å²) in [7, 11) is 0. The van der Waals surface area contributed by atoms with Gasteiger partial charge in [-0.25, -0.2) is 4.39 Å². The highest BCUT2D eigenvalue weighted by Gasteiger charge is 2.07. The molecule has 2 aromatic rings. The summed E-state index contributed by atoms with van der Waals surface area (Å²) in [5.41, 5.74) is 3.45. The fourth-order valence-electron chi connectivity index (χ4n) is 1.89. The van der Waals surface area contributed by atoms with Crippen molar-refractivity contribution in [3.05, 3.63) is 58.4 Å². The van der Waals surface area contributed by atoms with E-state index < -0.39 is 5.82 Å². The average Bonchev–Trinajstić information content (AvgIpc) is 2.43. The Labute approximate surface area is 128 Å². The van der Waals surface area contributed by atoms with E-state index in [1.165, 1.54) is 18.2 Å². The Bertz CT molecular complexity index is 673. The SMILES string of the molecule is Cc1cccc(NC(=O)CNc2ccc(F)cc2Cl)c1C. The standard InChI is InChI=1S/C16H16ClFN2O/c1-10-4-3-5-14(11(10)2)20-16(21)9-19-15-7-6-12(18)8-13(15)17/h3-8,19H,9H2,1-2H3,(H,20,21). The lowest BCUT2D eigenvalue weighted by Crippen LogP contribution is -2.22. The lowest BCUT2D eigenvalue weighted by atomic mass is 10.1. The highest BCUT2D eigenvalue weighted by molar-refractivity contribution is 6.33. The second-order valence-corrected chi connectivity index (χ2v) is 5.18. The zero-order valence-corrected chi connectivity index (χ0v) is 12.6.